The van der Waals surface area contributed by atoms with Crippen molar-refractivity contribution in [3.63, 3.8) is 0 Å². The second-order valence-electron chi connectivity index (χ2n) is 9.40. The van der Waals surface area contributed by atoms with E-state index in [9.17, 15) is 0 Å². The van der Waals surface area contributed by atoms with Crippen LogP contribution in [-0.2, 0) is 11.5 Å². The zero-order valence-electron chi connectivity index (χ0n) is 19.4. The van der Waals surface area contributed by atoms with E-state index in [0.717, 1.165) is 40.4 Å². The highest BCUT2D eigenvalue weighted by Gasteiger charge is 2.14. The highest BCUT2D eigenvalue weighted by Crippen LogP contribution is 2.29. The lowest BCUT2D eigenvalue weighted by molar-refractivity contribution is 0.0816. The molecule has 0 unspecified atom stereocenters. The van der Waals surface area contributed by atoms with Crippen molar-refractivity contribution in [1.29, 1.82) is 0 Å². The summed E-state index contributed by atoms with van der Waals surface area (Å²) in [5, 5.41) is 6.02. The van der Waals surface area contributed by atoms with Gasteiger partial charge in [0.2, 0.25) is 0 Å². The van der Waals surface area contributed by atoms with E-state index in [-0.39, 0.29) is 0 Å². The Labute approximate surface area is 191 Å². The molecule has 164 valence electrons. The summed E-state index contributed by atoms with van der Waals surface area (Å²) < 4.78 is 8.00. The molecular weight excluding hydrogens is 410 g/mol. The highest BCUT2D eigenvalue weighted by atomic mass is 28.3. The van der Waals surface area contributed by atoms with Crippen LogP contribution in [0.15, 0.2) is 67.0 Å². The molecule has 0 saturated carbocycles. The maximum absolute atomic E-state index is 6.02. The van der Waals surface area contributed by atoms with Gasteiger partial charge in [0.15, 0.2) is 0 Å². The lowest BCUT2D eigenvalue weighted by atomic mass is 10.0. The predicted molar refractivity (Wildman–Crippen MR) is 137 cm³/mol. The van der Waals surface area contributed by atoms with Gasteiger partial charge in [0, 0.05) is 32.5 Å². The second kappa shape index (κ2) is 9.63. The number of ether oxygens (including phenoxy) is 1. The van der Waals surface area contributed by atoms with E-state index >= 15 is 0 Å². The van der Waals surface area contributed by atoms with Gasteiger partial charge in [-0.2, -0.15) is 5.10 Å². The lowest BCUT2D eigenvalue weighted by Gasteiger charge is -2.15. The van der Waals surface area contributed by atoms with Crippen LogP contribution in [0.4, 0.5) is 0 Å². The van der Waals surface area contributed by atoms with Crippen LogP contribution < -0.4 is 0 Å². The first-order valence-corrected chi connectivity index (χ1v) is 14.8. The van der Waals surface area contributed by atoms with E-state index in [1.807, 2.05) is 35.3 Å². The van der Waals surface area contributed by atoms with Crippen LogP contribution >= 0.6 is 0 Å². The van der Waals surface area contributed by atoms with Gasteiger partial charge < -0.3 is 4.74 Å². The molecule has 2 heterocycles. The van der Waals surface area contributed by atoms with Gasteiger partial charge in [-0.15, -0.1) is 0 Å². The average Bonchev–Trinajstić information content (AvgIpc) is 3.12. The summed E-state index contributed by atoms with van der Waals surface area (Å²) >= 11 is 0. The van der Waals surface area contributed by atoms with E-state index in [2.05, 4.69) is 80.1 Å². The molecule has 0 bridgehead atoms. The van der Waals surface area contributed by atoms with Gasteiger partial charge in [0.05, 0.1) is 11.2 Å². The SMILES string of the molecule is Cc1cnccc1-c1ccc2c(c1)c(C=Cc1ccccc1)nn2COCC[Si](C)(C)C. The summed E-state index contributed by atoms with van der Waals surface area (Å²) in [4.78, 5) is 4.24. The summed E-state index contributed by atoms with van der Waals surface area (Å²) in [7, 11) is -1.12. The molecule has 0 saturated heterocycles. The minimum atomic E-state index is -1.12. The zero-order valence-corrected chi connectivity index (χ0v) is 20.4. The van der Waals surface area contributed by atoms with Gasteiger partial charge in [-0.3, -0.25) is 4.98 Å². The van der Waals surface area contributed by atoms with Crippen LogP contribution in [0.2, 0.25) is 25.7 Å². The molecule has 0 atom stereocenters. The van der Waals surface area contributed by atoms with Gasteiger partial charge >= 0.3 is 0 Å². The first-order chi connectivity index (χ1) is 15.4. The molecule has 0 radical (unpaired) electrons. The predicted octanol–water partition coefficient (Wildman–Crippen LogP) is 6.89. The molecule has 4 rings (SSSR count). The minimum Gasteiger partial charge on any atom is -0.360 e. The third-order valence-corrected chi connectivity index (χ3v) is 7.26. The Morgan fingerprint density at radius 2 is 1.81 bits per heavy atom. The lowest BCUT2D eigenvalue weighted by Crippen LogP contribution is -2.22. The van der Waals surface area contributed by atoms with E-state index in [4.69, 9.17) is 9.84 Å². The summed E-state index contributed by atoms with van der Waals surface area (Å²) in [6, 6.07) is 20.1. The van der Waals surface area contributed by atoms with Crippen molar-refractivity contribution < 1.29 is 4.74 Å². The molecule has 5 heteroatoms. The number of hydrogen-bond acceptors (Lipinski definition) is 3. The summed E-state index contributed by atoms with van der Waals surface area (Å²) in [5.74, 6) is 0. The van der Waals surface area contributed by atoms with Gasteiger partial charge in [-0.25, -0.2) is 4.68 Å². The normalized spacial score (nSPS) is 12.1. The maximum Gasteiger partial charge on any atom is 0.140 e. The monoisotopic (exact) mass is 441 g/mol. The first kappa shape index (κ1) is 22.2. The van der Waals surface area contributed by atoms with Gasteiger partial charge in [0.1, 0.15) is 6.73 Å². The molecule has 0 aliphatic rings. The standard InChI is InChI=1S/C27H31N3OSi/c1-21-19-28-15-14-24(21)23-11-13-27-25(18-23)26(12-10-22-8-6-5-7-9-22)29-30(27)20-31-16-17-32(2,3)4/h5-15,18-19H,16-17,20H2,1-4H3. The second-order valence-corrected chi connectivity index (χ2v) is 15.0. The number of nitrogens with zero attached hydrogens (tertiary/aromatic N) is 3. The molecule has 0 aliphatic carbocycles. The molecule has 4 aromatic rings. The van der Waals surface area contributed by atoms with Crippen molar-refractivity contribution in [2.24, 2.45) is 0 Å². The third kappa shape index (κ3) is 5.42. The number of aromatic nitrogens is 3. The molecule has 0 spiro atoms. The molecule has 0 aliphatic heterocycles. The van der Waals surface area contributed by atoms with E-state index < -0.39 is 8.07 Å². The Balaban J connectivity index is 1.69. The van der Waals surface area contributed by atoms with Crippen LogP contribution in [0.25, 0.3) is 34.2 Å². The summed E-state index contributed by atoms with van der Waals surface area (Å²) in [6.07, 6.45) is 7.96. The Bertz CT molecular complexity index is 1220. The van der Waals surface area contributed by atoms with Gasteiger partial charge in [-0.1, -0.05) is 62.1 Å². The number of fused-ring (bicyclic) bond motifs is 1. The van der Waals surface area contributed by atoms with Crippen LogP contribution in [0.3, 0.4) is 0 Å². The molecule has 32 heavy (non-hydrogen) atoms. The Morgan fingerprint density at radius 1 is 1.00 bits per heavy atom. The molecule has 0 N–H and O–H groups in total. The smallest absolute Gasteiger partial charge is 0.140 e. The number of aryl methyl sites for hydroxylation is 1. The van der Waals surface area contributed by atoms with Crippen LogP contribution in [0.5, 0.6) is 0 Å². The fraction of sp³-hybridized carbons (Fsp3) is 0.259. The third-order valence-electron chi connectivity index (χ3n) is 5.55. The van der Waals surface area contributed by atoms with Crippen LogP contribution in [0.1, 0.15) is 16.8 Å². The molecule has 0 fully saturated rings. The Kier molecular flexibility index (Phi) is 6.68. The molecule has 2 aromatic heterocycles. The van der Waals surface area contributed by atoms with Crippen LogP contribution in [-0.4, -0.2) is 29.4 Å². The van der Waals surface area contributed by atoms with Crippen molar-refractivity contribution in [2.75, 3.05) is 6.61 Å². The number of benzene rings is 2. The van der Waals surface area contributed by atoms with Crippen molar-refractivity contribution >= 4 is 31.1 Å². The Hall–Kier alpha value is -3.02. The van der Waals surface area contributed by atoms with E-state index in [1.165, 1.54) is 11.1 Å². The largest absolute Gasteiger partial charge is 0.360 e. The van der Waals surface area contributed by atoms with E-state index in [1.54, 1.807) is 0 Å². The number of hydrogen-bond donors (Lipinski definition) is 0. The van der Waals surface area contributed by atoms with Crippen molar-refractivity contribution in [2.45, 2.75) is 39.3 Å². The van der Waals surface area contributed by atoms with Crippen molar-refractivity contribution in [3.8, 4) is 11.1 Å². The van der Waals surface area contributed by atoms with Crippen molar-refractivity contribution in [3.05, 3.63) is 83.8 Å². The average molecular weight is 442 g/mol. The highest BCUT2D eigenvalue weighted by molar-refractivity contribution is 6.76. The molecule has 4 nitrogen and oxygen atoms in total. The summed E-state index contributed by atoms with van der Waals surface area (Å²) in [6.45, 7) is 10.4. The van der Waals surface area contributed by atoms with E-state index in [0.29, 0.717) is 6.73 Å². The molecular formula is C27H31N3OSi. The fourth-order valence-corrected chi connectivity index (χ4v) is 4.42. The first-order valence-electron chi connectivity index (χ1n) is 11.1. The minimum absolute atomic E-state index is 0.466. The molecule has 0 amide bonds. The molecule has 2 aromatic carbocycles. The fourth-order valence-electron chi connectivity index (χ4n) is 3.66. The number of rotatable bonds is 8. The quantitative estimate of drug-likeness (QED) is 0.221. The van der Waals surface area contributed by atoms with Crippen LogP contribution in [0, 0.1) is 6.92 Å². The summed E-state index contributed by atoms with van der Waals surface area (Å²) in [5.41, 5.74) is 6.72. The topological polar surface area (TPSA) is 39.9 Å². The Morgan fingerprint density at radius 3 is 2.56 bits per heavy atom. The zero-order chi connectivity index (χ0) is 22.6. The van der Waals surface area contributed by atoms with Gasteiger partial charge in [-0.05, 0) is 59.5 Å². The number of pyridine rings is 1. The van der Waals surface area contributed by atoms with Crippen molar-refractivity contribution in [1.82, 2.24) is 14.8 Å². The maximum atomic E-state index is 6.02. The van der Waals surface area contributed by atoms with Gasteiger partial charge in [0.25, 0.3) is 0 Å².